The van der Waals surface area contributed by atoms with Crippen molar-refractivity contribution in [3.05, 3.63) is 59.9 Å². The molecular weight excluding hydrogens is 294 g/mol. The van der Waals surface area contributed by atoms with E-state index in [0.29, 0.717) is 23.6 Å². The van der Waals surface area contributed by atoms with Crippen LogP contribution in [0.5, 0.6) is 11.5 Å². The van der Waals surface area contributed by atoms with E-state index in [4.69, 9.17) is 9.47 Å². The number of fused-ring (bicyclic) bond motifs is 1. The van der Waals surface area contributed by atoms with Crippen LogP contribution < -0.4 is 14.8 Å². The molecule has 0 aliphatic rings. The summed E-state index contributed by atoms with van der Waals surface area (Å²) in [6.07, 6.45) is 3.62. The van der Waals surface area contributed by atoms with Crippen molar-refractivity contribution in [3.63, 3.8) is 0 Å². The van der Waals surface area contributed by atoms with Gasteiger partial charge in [-0.25, -0.2) is 4.52 Å². The number of hydrogen-bond donors (Lipinski definition) is 1. The second kappa shape index (κ2) is 6.39. The predicted octanol–water partition coefficient (Wildman–Crippen LogP) is 2.28. The van der Waals surface area contributed by atoms with Gasteiger partial charge in [-0.2, -0.15) is 5.10 Å². The summed E-state index contributed by atoms with van der Waals surface area (Å²) in [5.74, 6) is 0.905. The number of benzene rings is 1. The van der Waals surface area contributed by atoms with Crippen molar-refractivity contribution in [1.29, 1.82) is 0 Å². The van der Waals surface area contributed by atoms with E-state index in [0.717, 1.165) is 11.1 Å². The summed E-state index contributed by atoms with van der Waals surface area (Å²) in [7, 11) is 3.09. The Morgan fingerprint density at radius 2 is 2.09 bits per heavy atom. The first-order valence-electron chi connectivity index (χ1n) is 7.14. The van der Waals surface area contributed by atoms with Crippen molar-refractivity contribution in [1.82, 2.24) is 14.9 Å². The first kappa shape index (κ1) is 14.9. The molecule has 6 nitrogen and oxygen atoms in total. The van der Waals surface area contributed by atoms with Gasteiger partial charge in [0.2, 0.25) is 0 Å². The van der Waals surface area contributed by atoms with Gasteiger partial charge in [-0.05, 0) is 24.3 Å². The Bertz CT molecular complexity index is 842. The SMILES string of the molecule is COc1ccc(C(=O)NCc2cnn3ccccc23)c(OC)c1. The number of methoxy groups -OCH3 is 2. The van der Waals surface area contributed by atoms with Crippen LogP contribution in [0, 0.1) is 0 Å². The third-order valence-electron chi connectivity index (χ3n) is 3.60. The lowest BCUT2D eigenvalue weighted by Crippen LogP contribution is -2.23. The van der Waals surface area contributed by atoms with Gasteiger partial charge in [0.15, 0.2) is 0 Å². The zero-order chi connectivity index (χ0) is 16.2. The number of carbonyl (C=O) groups excluding carboxylic acids is 1. The molecule has 0 fully saturated rings. The summed E-state index contributed by atoms with van der Waals surface area (Å²) in [4.78, 5) is 12.4. The lowest BCUT2D eigenvalue weighted by Gasteiger charge is -2.10. The average molecular weight is 311 g/mol. The van der Waals surface area contributed by atoms with Gasteiger partial charge in [0.1, 0.15) is 11.5 Å². The number of carbonyl (C=O) groups is 1. The van der Waals surface area contributed by atoms with Gasteiger partial charge in [0, 0.05) is 24.4 Å². The van der Waals surface area contributed by atoms with Crippen LogP contribution in [0.25, 0.3) is 5.52 Å². The normalized spacial score (nSPS) is 10.5. The van der Waals surface area contributed by atoms with Crippen LogP contribution in [0.4, 0.5) is 0 Å². The van der Waals surface area contributed by atoms with Gasteiger partial charge < -0.3 is 14.8 Å². The van der Waals surface area contributed by atoms with Crippen LogP contribution in [0.3, 0.4) is 0 Å². The smallest absolute Gasteiger partial charge is 0.255 e. The van der Waals surface area contributed by atoms with E-state index in [1.807, 2.05) is 24.4 Å². The lowest BCUT2D eigenvalue weighted by molar-refractivity contribution is 0.0948. The highest BCUT2D eigenvalue weighted by Crippen LogP contribution is 2.24. The van der Waals surface area contributed by atoms with Crippen molar-refractivity contribution in [2.75, 3.05) is 14.2 Å². The third kappa shape index (κ3) is 2.96. The molecule has 6 heteroatoms. The molecule has 0 radical (unpaired) electrons. The van der Waals surface area contributed by atoms with Crippen molar-refractivity contribution in [2.45, 2.75) is 6.54 Å². The Balaban J connectivity index is 1.77. The summed E-state index contributed by atoms with van der Waals surface area (Å²) in [6, 6.07) is 10.9. The zero-order valence-electron chi connectivity index (χ0n) is 12.9. The van der Waals surface area contributed by atoms with E-state index in [9.17, 15) is 4.79 Å². The molecular formula is C17H17N3O3. The van der Waals surface area contributed by atoms with Crippen molar-refractivity contribution in [3.8, 4) is 11.5 Å². The summed E-state index contributed by atoms with van der Waals surface area (Å²) in [5, 5.41) is 7.14. The molecule has 2 heterocycles. The van der Waals surface area contributed by atoms with Crippen molar-refractivity contribution in [2.24, 2.45) is 0 Å². The van der Waals surface area contributed by atoms with E-state index >= 15 is 0 Å². The molecule has 3 aromatic rings. The van der Waals surface area contributed by atoms with Crippen LogP contribution in [0.2, 0.25) is 0 Å². The van der Waals surface area contributed by atoms with Crippen LogP contribution in [0.1, 0.15) is 15.9 Å². The van der Waals surface area contributed by atoms with E-state index in [1.165, 1.54) is 7.11 Å². The van der Waals surface area contributed by atoms with E-state index in [2.05, 4.69) is 10.4 Å². The number of aromatic nitrogens is 2. The monoisotopic (exact) mass is 311 g/mol. The molecule has 0 saturated heterocycles. The molecule has 3 rings (SSSR count). The fourth-order valence-electron chi connectivity index (χ4n) is 2.38. The van der Waals surface area contributed by atoms with E-state index in [-0.39, 0.29) is 5.91 Å². The van der Waals surface area contributed by atoms with Crippen LogP contribution in [-0.2, 0) is 6.54 Å². The largest absolute Gasteiger partial charge is 0.497 e. The molecule has 1 N–H and O–H groups in total. The fraction of sp³-hybridized carbons (Fsp3) is 0.176. The minimum absolute atomic E-state index is 0.209. The van der Waals surface area contributed by atoms with Crippen LogP contribution >= 0.6 is 0 Å². The first-order chi connectivity index (χ1) is 11.2. The molecule has 0 saturated carbocycles. The Morgan fingerprint density at radius 3 is 2.87 bits per heavy atom. The van der Waals surface area contributed by atoms with Crippen molar-refractivity contribution < 1.29 is 14.3 Å². The maximum atomic E-state index is 12.4. The van der Waals surface area contributed by atoms with Gasteiger partial charge >= 0.3 is 0 Å². The first-order valence-corrected chi connectivity index (χ1v) is 7.14. The highest BCUT2D eigenvalue weighted by Gasteiger charge is 2.14. The number of nitrogens with one attached hydrogen (secondary N) is 1. The summed E-state index contributed by atoms with van der Waals surface area (Å²) >= 11 is 0. The third-order valence-corrected chi connectivity index (χ3v) is 3.60. The molecule has 1 aromatic carbocycles. The summed E-state index contributed by atoms with van der Waals surface area (Å²) in [6.45, 7) is 0.390. The zero-order valence-corrected chi connectivity index (χ0v) is 12.9. The number of hydrogen-bond acceptors (Lipinski definition) is 4. The topological polar surface area (TPSA) is 64.9 Å². The Kier molecular flexibility index (Phi) is 4.14. The molecule has 0 aliphatic carbocycles. The number of pyridine rings is 1. The standard InChI is InChI=1S/C17H17N3O3/c1-22-13-6-7-14(16(9-13)23-2)17(21)18-10-12-11-19-20-8-4-3-5-15(12)20/h3-9,11H,10H2,1-2H3,(H,18,21). The molecule has 23 heavy (non-hydrogen) atoms. The molecule has 1 amide bonds. The fourth-order valence-corrected chi connectivity index (χ4v) is 2.38. The maximum Gasteiger partial charge on any atom is 0.255 e. The number of rotatable bonds is 5. The Labute approximate surface area is 133 Å². The summed E-state index contributed by atoms with van der Waals surface area (Å²) < 4.78 is 12.2. The number of nitrogens with zero attached hydrogens (tertiary/aromatic N) is 2. The predicted molar refractivity (Wildman–Crippen MR) is 85.9 cm³/mol. The quantitative estimate of drug-likeness (QED) is 0.785. The van der Waals surface area contributed by atoms with Crippen molar-refractivity contribution >= 4 is 11.4 Å². The average Bonchev–Trinajstić information content (AvgIpc) is 3.02. The van der Waals surface area contributed by atoms with Crippen LogP contribution in [0.15, 0.2) is 48.8 Å². The van der Waals surface area contributed by atoms with Gasteiger partial charge in [0.25, 0.3) is 5.91 Å². The minimum atomic E-state index is -0.209. The molecule has 0 bridgehead atoms. The van der Waals surface area contributed by atoms with Gasteiger partial charge in [-0.1, -0.05) is 6.07 Å². The second-order valence-corrected chi connectivity index (χ2v) is 4.95. The summed E-state index contributed by atoms with van der Waals surface area (Å²) in [5.41, 5.74) is 2.38. The Hall–Kier alpha value is -3.02. The molecule has 0 atom stereocenters. The number of ether oxygens (including phenoxy) is 2. The number of amides is 1. The molecule has 0 spiro atoms. The van der Waals surface area contributed by atoms with Gasteiger partial charge in [0.05, 0.1) is 31.5 Å². The minimum Gasteiger partial charge on any atom is -0.497 e. The Morgan fingerprint density at radius 1 is 1.22 bits per heavy atom. The molecule has 0 unspecified atom stereocenters. The van der Waals surface area contributed by atoms with E-state index in [1.54, 1.807) is 36.0 Å². The highest BCUT2D eigenvalue weighted by atomic mass is 16.5. The molecule has 0 aliphatic heterocycles. The van der Waals surface area contributed by atoms with Crippen LogP contribution in [-0.4, -0.2) is 29.7 Å². The molecule has 2 aromatic heterocycles. The van der Waals surface area contributed by atoms with Gasteiger partial charge in [-0.15, -0.1) is 0 Å². The molecule has 118 valence electrons. The van der Waals surface area contributed by atoms with E-state index < -0.39 is 0 Å². The highest BCUT2D eigenvalue weighted by molar-refractivity contribution is 5.97. The lowest BCUT2D eigenvalue weighted by atomic mass is 10.1. The maximum absolute atomic E-state index is 12.4. The van der Waals surface area contributed by atoms with Gasteiger partial charge in [-0.3, -0.25) is 4.79 Å². The second-order valence-electron chi connectivity index (χ2n) is 4.95.